The number of nitrogens with one attached hydrogen (secondary N) is 1. The number of likely N-dealkylation sites (tertiary alicyclic amines) is 1. The van der Waals surface area contributed by atoms with Crippen molar-refractivity contribution in [2.45, 2.75) is 30.3 Å². The molecule has 1 saturated heterocycles. The van der Waals surface area contributed by atoms with Gasteiger partial charge in [-0.15, -0.1) is 0 Å². The van der Waals surface area contributed by atoms with Crippen molar-refractivity contribution in [1.82, 2.24) is 9.62 Å². The molecule has 0 atom stereocenters. The molecule has 1 aliphatic heterocycles. The molecule has 0 bridgehead atoms. The van der Waals surface area contributed by atoms with Crippen LogP contribution in [0, 0.1) is 5.82 Å². The van der Waals surface area contributed by atoms with Crippen molar-refractivity contribution in [1.29, 1.82) is 0 Å². The first-order valence-electron chi connectivity index (χ1n) is 8.07. The van der Waals surface area contributed by atoms with E-state index in [0.717, 1.165) is 38.5 Å². The van der Waals surface area contributed by atoms with Gasteiger partial charge in [-0.05, 0) is 36.6 Å². The van der Waals surface area contributed by atoms with Gasteiger partial charge in [0.15, 0.2) is 0 Å². The summed E-state index contributed by atoms with van der Waals surface area (Å²) >= 11 is 0. The fraction of sp³-hybridized carbons (Fsp3) is 0.333. The summed E-state index contributed by atoms with van der Waals surface area (Å²) in [6.45, 7) is 2.56. The molecular formula is C18H21FN2O2S. The van der Waals surface area contributed by atoms with E-state index in [-0.39, 0.29) is 10.9 Å². The van der Waals surface area contributed by atoms with Crippen molar-refractivity contribution >= 4 is 10.0 Å². The number of piperidine rings is 1. The predicted octanol–water partition coefficient (Wildman–Crippen LogP) is 2.77. The lowest BCUT2D eigenvalue weighted by Crippen LogP contribution is -2.44. The van der Waals surface area contributed by atoms with Gasteiger partial charge in [0, 0.05) is 25.7 Å². The van der Waals surface area contributed by atoms with E-state index in [1.807, 2.05) is 18.2 Å². The highest BCUT2D eigenvalue weighted by Crippen LogP contribution is 2.17. The van der Waals surface area contributed by atoms with Gasteiger partial charge in [0.2, 0.25) is 10.0 Å². The Hall–Kier alpha value is -1.76. The molecule has 1 aliphatic rings. The van der Waals surface area contributed by atoms with Gasteiger partial charge in [0.25, 0.3) is 0 Å². The summed E-state index contributed by atoms with van der Waals surface area (Å²) in [6, 6.07) is 15.2. The predicted molar refractivity (Wildman–Crippen MR) is 91.5 cm³/mol. The van der Waals surface area contributed by atoms with Crippen molar-refractivity contribution < 1.29 is 12.8 Å². The number of rotatable bonds is 5. The van der Waals surface area contributed by atoms with Gasteiger partial charge in [0.05, 0.1) is 4.90 Å². The SMILES string of the molecule is O=S(=O)(NC1CCN(Cc2ccccc2)CC1)c1cccc(F)c1. The second-order valence-corrected chi connectivity index (χ2v) is 7.83. The van der Waals surface area contributed by atoms with E-state index < -0.39 is 15.8 Å². The number of nitrogens with zero attached hydrogens (tertiary/aromatic N) is 1. The molecule has 2 aromatic carbocycles. The first-order valence-corrected chi connectivity index (χ1v) is 9.55. The van der Waals surface area contributed by atoms with Crippen LogP contribution in [-0.2, 0) is 16.6 Å². The Labute approximate surface area is 142 Å². The first kappa shape index (κ1) is 17.1. The number of hydrogen-bond donors (Lipinski definition) is 1. The summed E-state index contributed by atoms with van der Waals surface area (Å²) in [4.78, 5) is 2.30. The maximum atomic E-state index is 13.2. The fourth-order valence-electron chi connectivity index (χ4n) is 2.97. The van der Waals surface area contributed by atoms with E-state index in [1.165, 1.54) is 23.8 Å². The van der Waals surface area contributed by atoms with E-state index in [0.29, 0.717) is 0 Å². The van der Waals surface area contributed by atoms with Crippen LogP contribution in [0.4, 0.5) is 4.39 Å². The molecule has 0 spiro atoms. The number of benzene rings is 2. The zero-order valence-electron chi connectivity index (χ0n) is 13.4. The molecule has 128 valence electrons. The number of hydrogen-bond acceptors (Lipinski definition) is 3. The summed E-state index contributed by atoms with van der Waals surface area (Å²) in [5, 5.41) is 0. The fourth-order valence-corrected chi connectivity index (χ4v) is 4.31. The summed E-state index contributed by atoms with van der Waals surface area (Å²) in [7, 11) is -3.67. The molecule has 0 unspecified atom stereocenters. The number of halogens is 1. The number of sulfonamides is 1. The monoisotopic (exact) mass is 348 g/mol. The average Bonchev–Trinajstić information content (AvgIpc) is 2.57. The third-order valence-electron chi connectivity index (χ3n) is 4.26. The molecule has 24 heavy (non-hydrogen) atoms. The van der Waals surface area contributed by atoms with Crippen molar-refractivity contribution in [2.75, 3.05) is 13.1 Å². The van der Waals surface area contributed by atoms with Crippen molar-refractivity contribution in [3.8, 4) is 0 Å². The van der Waals surface area contributed by atoms with Crippen LogP contribution in [0.2, 0.25) is 0 Å². The van der Waals surface area contributed by atoms with Crippen LogP contribution < -0.4 is 4.72 Å². The molecule has 1 heterocycles. The first-order chi connectivity index (χ1) is 11.5. The zero-order chi connectivity index (χ0) is 17.0. The van der Waals surface area contributed by atoms with Gasteiger partial charge in [-0.25, -0.2) is 17.5 Å². The molecule has 0 aromatic heterocycles. The van der Waals surface area contributed by atoms with Crippen molar-refractivity contribution in [3.63, 3.8) is 0 Å². The maximum Gasteiger partial charge on any atom is 0.240 e. The van der Waals surface area contributed by atoms with Crippen molar-refractivity contribution in [3.05, 3.63) is 66.0 Å². The molecule has 2 aromatic rings. The Balaban J connectivity index is 1.55. The smallest absolute Gasteiger partial charge is 0.240 e. The topological polar surface area (TPSA) is 49.4 Å². The van der Waals surface area contributed by atoms with Crippen LogP contribution >= 0.6 is 0 Å². The zero-order valence-corrected chi connectivity index (χ0v) is 14.2. The second kappa shape index (κ2) is 7.42. The highest BCUT2D eigenvalue weighted by Gasteiger charge is 2.24. The van der Waals surface area contributed by atoms with Crippen LogP contribution in [0.15, 0.2) is 59.5 Å². The minimum Gasteiger partial charge on any atom is -0.299 e. The summed E-state index contributed by atoms with van der Waals surface area (Å²) < 4.78 is 40.6. The molecule has 4 nitrogen and oxygen atoms in total. The molecule has 0 aliphatic carbocycles. The molecule has 6 heteroatoms. The van der Waals surface area contributed by atoms with Gasteiger partial charge in [-0.3, -0.25) is 4.90 Å². The van der Waals surface area contributed by atoms with Gasteiger partial charge in [-0.1, -0.05) is 36.4 Å². The Morgan fingerprint density at radius 3 is 2.42 bits per heavy atom. The quantitative estimate of drug-likeness (QED) is 0.904. The highest BCUT2D eigenvalue weighted by molar-refractivity contribution is 7.89. The van der Waals surface area contributed by atoms with E-state index in [4.69, 9.17) is 0 Å². The maximum absolute atomic E-state index is 13.2. The van der Waals surface area contributed by atoms with Crippen LogP contribution in [0.5, 0.6) is 0 Å². The molecule has 0 radical (unpaired) electrons. The van der Waals surface area contributed by atoms with Crippen LogP contribution in [0.3, 0.4) is 0 Å². The summed E-state index contributed by atoms with van der Waals surface area (Å²) in [5.41, 5.74) is 1.26. The Kier molecular flexibility index (Phi) is 5.28. The second-order valence-electron chi connectivity index (χ2n) is 6.11. The highest BCUT2D eigenvalue weighted by atomic mass is 32.2. The Morgan fingerprint density at radius 1 is 1.04 bits per heavy atom. The molecule has 3 rings (SSSR count). The molecule has 0 saturated carbocycles. The van der Waals surface area contributed by atoms with E-state index in [2.05, 4.69) is 21.8 Å². The van der Waals surface area contributed by atoms with Gasteiger partial charge in [-0.2, -0.15) is 0 Å². The molecule has 1 fully saturated rings. The average molecular weight is 348 g/mol. The van der Waals surface area contributed by atoms with E-state index in [9.17, 15) is 12.8 Å². The Morgan fingerprint density at radius 2 is 1.75 bits per heavy atom. The molecular weight excluding hydrogens is 327 g/mol. The lowest BCUT2D eigenvalue weighted by atomic mass is 10.1. The normalized spacial score (nSPS) is 17.0. The van der Waals surface area contributed by atoms with Gasteiger partial charge in [0.1, 0.15) is 5.82 Å². The van der Waals surface area contributed by atoms with E-state index >= 15 is 0 Å². The Bertz CT molecular complexity index is 773. The third kappa shape index (κ3) is 4.41. The van der Waals surface area contributed by atoms with E-state index in [1.54, 1.807) is 0 Å². The molecule has 1 N–H and O–H groups in total. The summed E-state index contributed by atoms with van der Waals surface area (Å²) in [6.07, 6.45) is 1.50. The van der Waals surface area contributed by atoms with Crippen LogP contribution in [0.25, 0.3) is 0 Å². The van der Waals surface area contributed by atoms with Gasteiger partial charge < -0.3 is 0 Å². The van der Waals surface area contributed by atoms with Crippen molar-refractivity contribution in [2.24, 2.45) is 0 Å². The van der Waals surface area contributed by atoms with Gasteiger partial charge >= 0.3 is 0 Å². The molecule has 0 amide bonds. The standard InChI is InChI=1S/C18H21FN2O2S/c19-16-7-4-8-18(13-16)24(22,23)20-17-9-11-21(12-10-17)14-15-5-2-1-3-6-15/h1-8,13,17,20H,9-12,14H2. The minimum absolute atomic E-state index is 0.0192. The third-order valence-corrected chi connectivity index (χ3v) is 5.78. The largest absolute Gasteiger partial charge is 0.299 e. The summed E-state index contributed by atoms with van der Waals surface area (Å²) in [5.74, 6) is -0.546. The lowest BCUT2D eigenvalue weighted by molar-refractivity contribution is 0.200. The lowest BCUT2D eigenvalue weighted by Gasteiger charge is -2.32. The van der Waals surface area contributed by atoms with Crippen LogP contribution in [-0.4, -0.2) is 32.4 Å². The van der Waals surface area contributed by atoms with Crippen LogP contribution in [0.1, 0.15) is 18.4 Å². The minimum atomic E-state index is -3.67.